The fourth-order valence-corrected chi connectivity index (χ4v) is 6.22. The van der Waals surface area contributed by atoms with E-state index in [1.807, 2.05) is 6.08 Å². The van der Waals surface area contributed by atoms with Gasteiger partial charge in [-0.15, -0.1) is 6.58 Å². The van der Waals surface area contributed by atoms with Crippen molar-refractivity contribution in [3.63, 3.8) is 0 Å². The first-order chi connectivity index (χ1) is 10.1. The van der Waals surface area contributed by atoms with Crippen LogP contribution in [0, 0.1) is 22.7 Å². The molecule has 5 atom stereocenters. The molecule has 124 valence electrons. The molecule has 0 radical (unpaired) electrons. The Kier molecular flexibility index (Phi) is 3.46. The molecule has 0 aromatic rings. The van der Waals surface area contributed by atoms with Gasteiger partial charge in [0.25, 0.3) is 0 Å². The molecule has 1 aliphatic heterocycles. The number of carbonyl (C=O) groups is 1. The van der Waals surface area contributed by atoms with Crippen LogP contribution in [-0.4, -0.2) is 17.0 Å². The van der Waals surface area contributed by atoms with Crippen molar-refractivity contribution in [1.29, 1.82) is 0 Å². The fourth-order valence-electron chi connectivity index (χ4n) is 6.22. The molecule has 0 amide bonds. The first-order valence-corrected chi connectivity index (χ1v) is 8.94. The predicted octanol–water partition coefficient (Wildman–Crippen LogP) is 4.92. The maximum absolute atomic E-state index is 12.5. The van der Waals surface area contributed by atoms with Gasteiger partial charge in [-0.3, -0.25) is 4.79 Å². The molecule has 0 spiro atoms. The molecule has 2 saturated carbocycles. The Bertz CT molecular complexity index is 508. The predicted molar refractivity (Wildman–Crippen MR) is 89.7 cm³/mol. The molecule has 0 N–H and O–H groups in total. The second-order valence-corrected chi connectivity index (χ2v) is 9.26. The molecule has 0 aromatic carbocycles. The van der Waals surface area contributed by atoms with Crippen LogP contribution in [0.4, 0.5) is 0 Å². The monoisotopic (exact) mass is 304 g/mol. The molecule has 2 nitrogen and oxygen atoms in total. The number of hydrogen-bond acceptors (Lipinski definition) is 2. The van der Waals surface area contributed by atoms with Gasteiger partial charge in [0.15, 0.2) is 0 Å². The Labute approximate surface area is 135 Å². The van der Waals surface area contributed by atoms with Crippen LogP contribution < -0.4 is 0 Å². The van der Waals surface area contributed by atoms with Crippen LogP contribution in [0.1, 0.15) is 73.1 Å². The number of hydrogen-bond donors (Lipinski definition) is 0. The van der Waals surface area contributed by atoms with Crippen molar-refractivity contribution in [2.75, 3.05) is 0 Å². The van der Waals surface area contributed by atoms with Crippen LogP contribution in [0.25, 0.3) is 0 Å². The summed E-state index contributed by atoms with van der Waals surface area (Å²) in [6.07, 6.45) is 8.17. The smallest absolute Gasteiger partial charge is 0.138 e. The lowest BCUT2D eigenvalue weighted by molar-refractivity contribution is -0.250. The molecular weight excluding hydrogens is 272 g/mol. The zero-order valence-corrected chi connectivity index (χ0v) is 15.0. The molecule has 2 heteroatoms. The van der Waals surface area contributed by atoms with Gasteiger partial charge >= 0.3 is 0 Å². The van der Waals surface area contributed by atoms with Gasteiger partial charge in [0.2, 0.25) is 0 Å². The molecule has 22 heavy (non-hydrogen) atoms. The summed E-state index contributed by atoms with van der Waals surface area (Å²) in [5.41, 5.74) is -0.197. The summed E-state index contributed by atoms with van der Waals surface area (Å²) in [5.74, 6) is 1.52. The Morgan fingerprint density at radius 2 is 1.68 bits per heavy atom. The van der Waals surface area contributed by atoms with Gasteiger partial charge in [-0.25, -0.2) is 0 Å². The molecule has 1 saturated heterocycles. The Morgan fingerprint density at radius 1 is 1.05 bits per heavy atom. The molecule has 3 aliphatic rings. The first kappa shape index (κ1) is 16.2. The summed E-state index contributed by atoms with van der Waals surface area (Å²) in [5, 5.41) is 0. The average Bonchev–Trinajstić information content (AvgIpc) is 2.42. The summed E-state index contributed by atoms with van der Waals surface area (Å²) in [4.78, 5) is 12.5. The van der Waals surface area contributed by atoms with Gasteiger partial charge in [-0.05, 0) is 63.2 Å². The van der Waals surface area contributed by atoms with E-state index >= 15 is 0 Å². The maximum atomic E-state index is 12.5. The van der Waals surface area contributed by atoms with Crippen LogP contribution in [-0.2, 0) is 9.53 Å². The lowest BCUT2D eigenvalue weighted by Crippen LogP contribution is -2.63. The highest BCUT2D eigenvalue weighted by atomic mass is 16.5. The number of ketones is 1. The summed E-state index contributed by atoms with van der Waals surface area (Å²) in [6, 6.07) is 0. The number of Topliss-reactive ketones (excluding diaryl/α,β-unsaturated/α-hetero) is 1. The van der Waals surface area contributed by atoms with Crippen LogP contribution in [0.5, 0.6) is 0 Å². The second-order valence-electron chi connectivity index (χ2n) is 9.26. The van der Waals surface area contributed by atoms with E-state index in [1.165, 1.54) is 6.42 Å². The highest BCUT2D eigenvalue weighted by molar-refractivity contribution is 5.85. The lowest BCUT2D eigenvalue weighted by atomic mass is 9.44. The minimum absolute atomic E-state index is 0.0666. The van der Waals surface area contributed by atoms with Gasteiger partial charge in [0, 0.05) is 11.8 Å². The van der Waals surface area contributed by atoms with E-state index < -0.39 is 0 Å². The topological polar surface area (TPSA) is 26.3 Å². The fraction of sp³-hybridized carbons (Fsp3) is 0.850. The van der Waals surface area contributed by atoms with Crippen molar-refractivity contribution in [1.82, 2.24) is 0 Å². The zero-order valence-electron chi connectivity index (χ0n) is 15.0. The zero-order chi connectivity index (χ0) is 16.4. The molecule has 2 aliphatic carbocycles. The average molecular weight is 304 g/mol. The van der Waals surface area contributed by atoms with E-state index in [0.717, 1.165) is 32.1 Å². The van der Waals surface area contributed by atoms with E-state index in [2.05, 4.69) is 41.2 Å². The Morgan fingerprint density at radius 3 is 2.32 bits per heavy atom. The molecule has 3 rings (SSSR count). The number of carbonyl (C=O) groups excluding carboxylic acids is 1. The second kappa shape index (κ2) is 4.69. The Hall–Kier alpha value is -0.630. The summed E-state index contributed by atoms with van der Waals surface area (Å²) < 4.78 is 6.62. The van der Waals surface area contributed by atoms with Crippen LogP contribution >= 0.6 is 0 Å². The Balaban J connectivity index is 1.97. The van der Waals surface area contributed by atoms with E-state index in [0.29, 0.717) is 17.6 Å². The SMILES string of the molecule is C=C[C@@]1(C)CC[C@@H]2[C@@]3(C)CCC(=O)C(C)(C)[C@@H]3CC[C@@]2(C)O1. The van der Waals surface area contributed by atoms with Crippen molar-refractivity contribution in [3.8, 4) is 0 Å². The third-order valence-electron chi connectivity index (χ3n) is 7.57. The number of ether oxygens (including phenoxy) is 1. The summed E-state index contributed by atoms with van der Waals surface area (Å²) >= 11 is 0. The van der Waals surface area contributed by atoms with Gasteiger partial charge in [-0.1, -0.05) is 26.8 Å². The molecule has 1 heterocycles. The maximum Gasteiger partial charge on any atom is 0.138 e. The van der Waals surface area contributed by atoms with E-state index in [-0.39, 0.29) is 22.0 Å². The third-order valence-corrected chi connectivity index (χ3v) is 7.57. The van der Waals surface area contributed by atoms with E-state index in [4.69, 9.17) is 4.74 Å². The van der Waals surface area contributed by atoms with Crippen molar-refractivity contribution >= 4 is 5.78 Å². The van der Waals surface area contributed by atoms with Crippen molar-refractivity contribution in [2.45, 2.75) is 84.3 Å². The van der Waals surface area contributed by atoms with Gasteiger partial charge in [0.1, 0.15) is 5.78 Å². The van der Waals surface area contributed by atoms with Crippen LogP contribution in [0.3, 0.4) is 0 Å². The standard InChI is InChI=1S/C20H32O2/c1-7-18(4)11-8-15-19(5)12-10-16(21)17(2,3)14(19)9-13-20(15,6)22-18/h7,14-15H,1,8-13H2,2-6H3/t14-,15+,18-,19-,20+/m0/s1. The van der Waals surface area contributed by atoms with Gasteiger partial charge in [0.05, 0.1) is 11.2 Å². The van der Waals surface area contributed by atoms with E-state index in [1.54, 1.807) is 0 Å². The third kappa shape index (κ3) is 2.06. The summed E-state index contributed by atoms with van der Waals surface area (Å²) in [6.45, 7) is 15.3. The normalized spacial score (nSPS) is 50.9. The highest BCUT2D eigenvalue weighted by Crippen LogP contribution is 2.64. The quantitative estimate of drug-likeness (QED) is 0.643. The molecule has 0 bridgehead atoms. The molecule has 0 aromatic heterocycles. The van der Waals surface area contributed by atoms with Gasteiger partial charge < -0.3 is 4.74 Å². The van der Waals surface area contributed by atoms with Crippen molar-refractivity contribution in [3.05, 3.63) is 12.7 Å². The summed E-state index contributed by atoms with van der Waals surface area (Å²) in [7, 11) is 0. The van der Waals surface area contributed by atoms with Crippen LogP contribution in [0.2, 0.25) is 0 Å². The van der Waals surface area contributed by atoms with Crippen molar-refractivity contribution < 1.29 is 9.53 Å². The van der Waals surface area contributed by atoms with Crippen LogP contribution in [0.15, 0.2) is 12.7 Å². The lowest BCUT2D eigenvalue weighted by Gasteiger charge is -2.64. The largest absolute Gasteiger partial charge is 0.365 e. The molecule has 3 fully saturated rings. The molecule has 0 unspecified atom stereocenters. The van der Waals surface area contributed by atoms with Gasteiger partial charge in [-0.2, -0.15) is 0 Å². The number of fused-ring (bicyclic) bond motifs is 3. The van der Waals surface area contributed by atoms with E-state index in [9.17, 15) is 4.79 Å². The highest BCUT2D eigenvalue weighted by Gasteiger charge is 2.62. The first-order valence-electron chi connectivity index (χ1n) is 8.94. The minimum atomic E-state index is -0.186. The minimum Gasteiger partial charge on any atom is -0.365 e. The molecular formula is C20H32O2. The van der Waals surface area contributed by atoms with Crippen molar-refractivity contribution in [2.24, 2.45) is 22.7 Å². The number of rotatable bonds is 1.